The smallest absolute Gasteiger partial charge is 0.251 e. The van der Waals surface area contributed by atoms with E-state index in [9.17, 15) is 4.79 Å². The van der Waals surface area contributed by atoms with Crippen LogP contribution in [0.2, 0.25) is 0 Å². The first-order valence-electron chi connectivity index (χ1n) is 7.27. The molecule has 1 saturated carbocycles. The van der Waals surface area contributed by atoms with Gasteiger partial charge in [-0.15, -0.1) is 0 Å². The molecule has 1 saturated heterocycles. The van der Waals surface area contributed by atoms with Crippen LogP contribution in [0.25, 0.3) is 0 Å². The third-order valence-electron chi connectivity index (χ3n) is 3.90. The van der Waals surface area contributed by atoms with Crippen LogP contribution in [0.3, 0.4) is 0 Å². The summed E-state index contributed by atoms with van der Waals surface area (Å²) in [6.07, 6.45) is 7.60. The molecule has 1 N–H and O–H groups in total. The zero-order valence-electron chi connectivity index (χ0n) is 11.5. The number of carbonyl (C=O) groups is 1. The molecule has 2 fully saturated rings. The largest absolute Gasteiger partial charge is 0.365 e. The zero-order chi connectivity index (χ0) is 13.8. The summed E-state index contributed by atoms with van der Waals surface area (Å²) in [6.45, 7) is 1.76. The van der Waals surface area contributed by atoms with E-state index in [2.05, 4.69) is 15.3 Å². The molecule has 20 heavy (non-hydrogen) atoms. The molecule has 1 aliphatic heterocycles. The van der Waals surface area contributed by atoms with Crippen LogP contribution in [-0.4, -0.2) is 47.7 Å². The first-order chi connectivity index (χ1) is 9.83. The van der Waals surface area contributed by atoms with Crippen molar-refractivity contribution in [3.8, 4) is 0 Å². The van der Waals surface area contributed by atoms with Gasteiger partial charge in [-0.1, -0.05) is 12.8 Å². The summed E-state index contributed by atoms with van der Waals surface area (Å²) in [5.41, 5.74) is 0. The predicted molar refractivity (Wildman–Crippen MR) is 74.4 cm³/mol. The van der Waals surface area contributed by atoms with Crippen molar-refractivity contribution >= 4 is 11.9 Å². The van der Waals surface area contributed by atoms with Gasteiger partial charge >= 0.3 is 0 Å². The van der Waals surface area contributed by atoms with Crippen LogP contribution in [0.1, 0.15) is 25.7 Å². The van der Waals surface area contributed by atoms with Crippen LogP contribution in [0.15, 0.2) is 18.5 Å². The average Bonchev–Trinajstić information content (AvgIpc) is 3.01. The minimum Gasteiger partial charge on any atom is -0.365 e. The summed E-state index contributed by atoms with van der Waals surface area (Å²) in [5, 5.41) is 3.09. The normalized spacial score (nSPS) is 23.8. The van der Waals surface area contributed by atoms with Gasteiger partial charge in [0.15, 0.2) is 6.10 Å². The van der Waals surface area contributed by atoms with Crippen LogP contribution in [0, 0.1) is 0 Å². The molecule has 1 amide bonds. The van der Waals surface area contributed by atoms with Crippen LogP contribution in [0.5, 0.6) is 0 Å². The van der Waals surface area contributed by atoms with Crippen molar-refractivity contribution in [3.63, 3.8) is 0 Å². The van der Waals surface area contributed by atoms with E-state index >= 15 is 0 Å². The number of aromatic nitrogens is 2. The fourth-order valence-electron chi connectivity index (χ4n) is 2.81. The van der Waals surface area contributed by atoms with E-state index in [1.54, 1.807) is 18.5 Å². The lowest BCUT2D eigenvalue weighted by atomic mass is 10.2. The van der Waals surface area contributed by atoms with E-state index < -0.39 is 6.10 Å². The maximum Gasteiger partial charge on any atom is 0.251 e. The van der Waals surface area contributed by atoms with Gasteiger partial charge in [-0.2, -0.15) is 0 Å². The number of amides is 1. The molecule has 3 rings (SSSR count). The second-order valence-electron chi connectivity index (χ2n) is 5.34. The van der Waals surface area contributed by atoms with E-state index in [0.29, 0.717) is 25.1 Å². The minimum absolute atomic E-state index is 0.00229. The Morgan fingerprint density at radius 1 is 1.30 bits per heavy atom. The maximum atomic E-state index is 12.2. The van der Waals surface area contributed by atoms with Gasteiger partial charge in [0.25, 0.3) is 5.91 Å². The Hall–Kier alpha value is -1.69. The lowest BCUT2D eigenvalue weighted by Crippen LogP contribution is -2.51. The zero-order valence-corrected chi connectivity index (χ0v) is 11.5. The topological polar surface area (TPSA) is 67.4 Å². The van der Waals surface area contributed by atoms with Crippen molar-refractivity contribution in [1.29, 1.82) is 0 Å². The molecule has 0 aromatic carbocycles. The first-order valence-corrected chi connectivity index (χ1v) is 7.27. The van der Waals surface area contributed by atoms with E-state index in [-0.39, 0.29) is 5.91 Å². The molecule has 2 heterocycles. The lowest BCUT2D eigenvalue weighted by Gasteiger charge is -2.32. The molecule has 1 aliphatic carbocycles. The number of anilines is 1. The van der Waals surface area contributed by atoms with Crippen molar-refractivity contribution in [2.24, 2.45) is 0 Å². The second kappa shape index (κ2) is 6.17. The molecule has 108 valence electrons. The Kier molecular flexibility index (Phi) is 4.11. The van der Waals surface area contributed by atoms with E-state index in [1.165, 1.54) is 12.8 Å². The summed E-state index contributed by atoms with van der Waals surface area (Å²) < 4.78 is 5.59. The van der Waals surface area contributed by atoms with Gasteiger partial charge in [-0.05, 0) is 18.9 Å². The molecule has 6 nitrogen and oxygen atoms in total. The fraction of sp³-hybridized carbons (Fsp3) is 0.643. The second-order valence-corrected chi connectivity index (χ2v) is 5.34. The Labute approximate surface area is 118 Å². The van der Waals surface area contributed by atoms with Crippen LogP contribution >= 0.6 is 0 Å². The fourth-order valence-corrected chi connectivity index (χ4v) is 2.81. The molecule has 1 aromatic rings. The van der Waals surface area contributed by atoms with E-state index in [4.69, 9.17) is 4.74 Å². The van der Waals surface area contributed by atoms with Crippen molar-refractivity contribution in [2.75, 3.05) is 24.6 Å². The van der Waals surface area contributed by atoms with E-state index in [0.717, 1.165) is 19.4 Å². The van der Waals surface area contributed by atoms with Crippen molar-refractivity contribution < 1.29 is 9.53 Å². The van der Waals surface area contributed by atoms with Crippen molar-refractivity contribution in [3.05, 3.63) is 18.5 Å². The molecule has 1 unspecified atom stereocenters. The highest BCUT2D eigenvalue weighted by atomic mass is 16.5. The Balaban J connectivity index is 1.58. The number of nitrogens with zero attached hydrogens (tertiary/aromatic N) is 3. The van der Waals surface area contributed by atoms with Crippen LogP contribution in [-0.2, 0) is 9.53 Å². The highest BCUT2D eigenvalue weighted by Gasteiger charge is 2.29. The number of rotatable bonds is 3. The van der Waals surface area contributed by atoms with Gasteiger partial charge in [0.05, 0.1) is 13.2 Å². The summed E-state index contributed by atoms with van der Waals surface area (Å²) in [6, 6.07) is 2.11. The monoisotopic (exact) mass is 276 g/mol. The minimum atomic E-state index is -0.423. The van der Waals surface area contributed by atoms with Crippen LogP contribution in [0.4, 0.5) is 5.95 Å². The van der Waals surface area contributed by atoms with Gasteiger partial charge in [0, 0.05) is 25.0 Å². The van der Waals surface area contributed by atoms with Crippen molar-refractivity contribution in [2.45, 2.75) is 37.8 Å². The standard InChI is InChI=1S/C14H20N4O2/c19-13(17-11-4-1-2-5-11)12-10-18(8-9-20-12)14-15-6-3-7-16-14/h3,6-7,11-12H,1-2,4-5,8-10H2,(H,17,19). The Bertz CT molecular complexity index is 448. The number of hydrogen-bond acceptors (Lipinski definition) is 5. The summed E-state index contributed by atoms with van der Waals surface area (Å²) in [4.78, 5) is 22.7. The molecule has 1 atom stereocenters. The number of hydrogen-bond donors (Lipinski definition) is 1. The highest BCUT2D eigenvalue weighted by molar-refractivity contribution is 5.82. The molecular formula is C14H20N4O2. The van der Waals surface area contributed by atoms with Gasteiger partial charge in [-0.25, -0.2) is 9.97 Å². The van der Waals surface area contributed by atoms with Gasteiger partial charge in [0.1, 0.15) is 0 Å². The number of morpholine rings is 1. The number of carbonyl (C=O) groups excluding carboxylic acids is 1. The molecule has 0 bridgehead atoms. The number of ether oxygens (including phenoxy) is 1. The van der Waals surface area contributed by atoms with Crippen LogP contribution < -0.4 is 10.2 Å². The maximum absolute atomic E-state index is 12.2. The third kappa shape index (κ3) is 3.07. The predicted octanol–water partition coefficient (Wildman–Crippen LogP) is 0.741. The summed E-state index contributed by atoms with van der Waals surface area (Å²) >= 11 is 0. The first kappa shape index (κ1) is 13.3. The molecule has 0 spiro atoms. The van der Waals surface area contributed by atoms with Gasteiger partial charge in [-0.3, -0.25) is 4.79 Å². The Morgan fingerprint density at radius 3 is 2.80 bits per heavy atom. The highest BCUT2D eigenvalue weighted by Crippen LogP contribution is 2.18. The number of nitrogens with one attached hydrogen (secondary N) is 1. The Morgan fingerprint density at radius 2 is 2.05 bits per heavy atom. The average molecular weight is 276 g/mol. The summed E-state index contributed by atoms with van der Waals surface area (Å²) in [7, 11) is 0. The van der Waals surface area contributed by atoms with Crippen molar-refractivity contribution in [1.82, 2.24) is 15.3 Å². The summed E-state index contributed by atoms with van der Waals surface area (Å²) in [5.74, 6) is 0.659. The molecule has 1 aromatic heterocycles. The SMILES string of the molecule is O=C(NC1CCCC1)C1CN(c2ncccn2)CCO1. The third-order valence-corrected chi connectivity index (χ3v) is 3.90. The quantitative estimate of drug-likeness (QED) is 0.882. The molecule has 2 aliphatic rings. The van der Waals surface area contributed by atoms with Gasteiger partial charge in [0.2, 0.25) is 5.95 Å². The lowest BCUT2D eigenvalue weighted by molar-refractivity contribution is -0.134. The van der Waals surface area contributed by atoms with Gasteiger partial charge < -0.3 is 15.0 Å². The molecular weight excluding hydrogens is 256 g/mol. The molecule has 6 heteroatoms. The van der Waals surface area contributed by atoms with E-state index in [1.807, 2.05) is 4.90 Å². The molecule has 0 radical (unpaired) electrons.